The number of benzene rings is 1. The normalized spacial score (nSPS) is 12.9. The molecule has 6 nitrogen and oxygen atoms in total. The van der Waals surface area contributed by atoms with Crippen molar-refractivity contribution in [3.63, 3.8) is 0 Å². The second kappa shape index (κ2) is 5.54. The minimum absolute atomic E-state index is 0.133. The van der Waals surface area contributed by atoms with Gasteiger partial charge in [-0.3, -0.25) is 14.9 Å². The van der Waals surface area contributed by atoms with Gasteiger partial charge in [-0.05, 0) is 32.9 Å². The summed E-state index contributed by atoms with van der Waals surface area (Å²) in [6, 6.07) is 3.75. The van der Waals surface area contributed by atoms with Crippen LogP contribution in [0.1, 0.15) is 31.1 Å². The number of carbonyl (C=O) groups excluding carboxylic acids is 1. The predicted octanol–water partition coefficient (Wildman–Crippen LogP) is 2.14. The number of nitrogens with one attached hydrogen (secondary N) is 1. The smallest absolute Gasteiger partial charge is 0.282 e. The third kappa shape index (κ3) is 3.65. The van der Waals surface area contributed by atoms with Crippen molar-refractivity contribution in [1.82, 2.24) is 5.32 Å². The Balaban J connectivity index is 3.13. The summed E-state index contributed by atoms with van der Waals surface area (Å²) in [6.45, 7) is 4.75. The molecule has 0 saturated heterocycles. The van der Waals surface area contributed by atoms with E-state index in [9.17, 15) is 20.0 Å². The lowest BCUT2D eigenvalue weighted by atomic mass is 9.98. The number of halogens is 1. The maximum Gasteiger partial charge on any atom is 0.282 e. The third-order valence-corrected chi connectivity index (χ3v) is 3.12. The topological polar surface area (TPSA) is 92.5 Å². The number of hydrogen-bond donors (Lipinski definition) is 2. The molecule has 7 heteroatoms. The molecule has 1 rings (SSSR count). The van der Waals surface area contributed by atoms with E-state index in [0.717, 1.165) is 0 Å². The molecular weight excluding hydrogens is 272 g/mol. The van der Waals surface area contributed by atoms with Crippen molar-refractivity contribution >= 4 is 23.2 Å². The summed E-state index contributed by atoms with van der Waals surface area (Å²) in [5, 5.41) is 23.2. The Morgan fingerprint density at radius 3 is 2.58 bits per heavy atom. The Labute approximate surface area is 115 Å². The highest BCUT2D eigenvalue weighted by Gasteiger charge is 2.29. The van der Waals surface area contributed by atoms with E-state index >= 15 is 0 Å². The molecule has 1 aromatic carbocycles. The molecule has 0 spiro atoms. The predicted molar refractivity (Wildman–Crippen MR) is 71.3 cm³/mol. The zero-order valence-corrected chi connectivity index (χ0v) is 11.6. The van der Waals surface area contributed by atoms with Gasteiger partial charge < -0.3 is 10.4 Å². The van der Waals surface area contributed by atoms with Crippen molar-refractivity contribution in [1.29, 1.82) is 0 Å². The van der Waals surface area contributed by atoms with E-state index in [-0.39, 0.29) is 16.3 Å². The second-order valence-corrected chi connectivity index (χ2v) is 5.21. The zero-order chi connectivity index (χ0) is 14.8. The Kier molecular flexibility index (Phi) is 4.49. The first kappa shape index (κ1) is 15.4. The molecule has 0 aliphatic carbocycles. The third-order valence-electron chi connectivity index (χ3n) is 2.88. The second-order valence-electron chi connectivity index (χ2n) is 4.77. The van der Waals surface area contributed by atoms with Crippen molar-refractivity contribution in [2.75, 3.05) is 0 Å². The van der Waals surface area contributed by atoms with E-state index in [0.29, 0.717) is 0 Å². The van der Waals surface area contributed by atoms with Gasteiger partial charge in [0, 0.05) is 11.1 Å². The highest BCUT2D eigenvalue weighted by molar-refractivity contribution is 6.31. The van der Waals surface area contributed by atoms with E-state index in [1.54, 1.807) is 13.8 Å². The van der Waals surface area contributed by atoms with Crippen LogP contribution in [0.5, 0.6) is 0 Å². The number of aliphatic hydroxyl groups excluding tert-OH is 1. The fourth-order valence-electron chi connectivity index (χ4n) is 1.31. The van der Waals surface area contributed by atoms with Crippen molar-refractivity contribution < 1.29 is 14.8 Å². The van der Waals surface area contributed by atoms with Crippen LogP contribution in [0.4, 0.5) is 5.69 Å². The molecule has 1 atom stereocenters. The number of carbonyl (C=O) groups is 1. The Morgan fingerprint density at radius 1 is 1.53 bits per heavy atom. The molecule has 0 fully saturated rings. The summed E-state index contributed by atoms with van der Waals surface area (Å²) in [7, 11) is 0. The van der Waals surface area contributed by atoms with Gasteiger partial charge in [0.15, 0.2) is 0 Å². The molecule has 1 amide bonds. The first-order valence-electron chi connectivity index (χ1n) is 5.59. The quantitative estimate of drug-likeness (QED) is 0.655. The van der Waals surface area contributed by atoms with Crippen LogP contribution >= 0.6 is 11.6 Å². The molecule has 0 bridgehead atoms. The highest BCUT2D eigenvalue weighted by Crippen LogP contribution is 2.23. The lowest BCUT2D eigenvalue weighted by Gasteiger charge is -2.29. The van der Waals surface area contributed by atoms with E-state index < -0.39 is 22.5 Å². The van der Waals surface area contributed by atoms with Crippen LogP contribution in [0.3, 0.4) is 0 Å². The average molecular weight is 287 g/mol. The number of nitrogens with zero attached hydrogens (tertiary/aromatic N) is 1. The molecule has 0 aliphatic rings. The van der Waals surface area contributed by atoms with Crippen LogP contribution in [-0.4, -0.2) is 27.6 Å². The lowest BCUT2D eigenvalue weighted by molar-refractivity contribution is -0.385. The van der Waals surface area contributed by atoms with Gasteiger partial charge in [0.05, 0.1) is 16.6 Å². The van der Waals surface area contributed by atoms with Crippen LogP contribution in [0, 0.1) is 10.1 Å². The molecule has 104 valence electrons. The van der Waals surface area contributed by atoms with Gasteiger partial charge in [0.1, 0.15) is 5.56 Å². The van der Waals surface area contributed by atoms with Crippen molar-refractivity contribution in [3.8, 4) is 0 Å². The molecule has 0 heterocycles. The fourth-order valence-corrected chi connectivity index (χ4v) is 1.49. The maximum absolute atomic E-state index is 12.1. The van der Waals surface area contributed by atoms with Gasteiger partial charge >= 0.3 is 0 Å². The largest absolute Gasteiger partial charge is 0.391 e. The summed E-state index contributed by atoms with van der Waals surface area (Å²) >= 11 is 5.75. The van der Waals surface area contributed by atoms with Crippen molar-refractivity contribution in [2.24, 2.45) is 0 Å². The monoisotopic (exact) mass is 286 g/mol. The standard InChI is InChI=1S/C12H15ClN2O4/c1-7(16)12(2,3)14-11(17)9-6-8(13)4-5-10(9)15(18)19/h4-7,16H,1-3H3,(H,14,17). The number of nitro groups is 1. The Morgan fingerprint density at radius 2 is 2.11 bits per heavy atom. The minimum Gasteiger partial charge on any atom is -0.391 e. The van der Waals surface area contributed by atoms with Gasteiger partial charge in [-0.15, -0.1) is 0 Å². The maximum atomic E-state index is 12.1. The Bertz CT molecular complexity index is 514. The van der Waals surface area contributed by atoms with E-state index in [4.69, 9.17) is 11.6 Å². The first-order chi connectivity index (χ1) is 8.65. The molecule has 0 saturated carbocycles. The van der Waals surface area contributed by atoms with Crippen molar-refractivity contribution in [2.45, 2.75) is 32.4 Å². The molecule has 0 radical (unpaired) electrons. The molecule has 1 aromatic rings. The lowest BCUT2D eigenvalue weighted by Crippen LogP contribution is -2.51. The fraction of sp³-hybridized carbons (Fsp3) is 0.417. The first-order valence-corrected chi connectivity index (χ1v) is 5.97. The number of aliphatic hydroxyl groups is 1. The number of nitro benzene ring substituents is 1. The summed E-state index contributed by atoms with van der Waals surface area (Å²) in [5.41, 5.74) is -1.37. The van der Waals surface area contributed by atoms with E-state index in [2.05, 4.69) is 5.32 Å². The molecule has 0 aromatic heterocycles. The summed E-state index contributed by atoms with van der Waals surface area (Å²) in [5.74, 6) is -0.653. The van der Waals surface area contributed by atoms with E-state index in [1.807, 2.05) is 0 Å². The van der Waals surface area contributed by atoms with E-state index in [1.165, 1.54) is 25.1 Å². The minimum atomic E-state index is -0.909. The van der Waals surface area contributed by atoms with Crippen LogP contribution in [0.15, 0.2) is 18.2 Å². The van der Waals surface area contributed by atoms with Crippen LogP contribution in [-0.2, 0) is 0 Å². The van der Waals surface area contributed by atoms with Gasteiger partial charge in [-0.1, -0.05) is 11.6 Å². The SMILES string of the molecule is CC(O)C(C)(C)NC(=O)c1cc(Cl)ccc1[N+](=O)[O-]. The number of rotatable bonds is 4. The molecule has 19 heavy (non-hydrogen) atoms. The van der Waals surface area contributed by atoms with Crippen molar-refractivity contribution in [3.05, 3.63) is 38.9 Å². The molecule has 2 N–H and O–H groups in total. The van der Waals surface area contributed by atoms with Crippen LogP contribution < -0.4 is 5.32 Å². The summed E-state index contributed by atoms with van der Waals surface area (Å²) in [6.07, 6.45) is -0.810. The van der Waals surface area contributed by atoms with Gasteiger partial charge in [0.2, 0.25) is 0 Å². The molecule has 0 aliphatic heterocycles. The zero-order valence-electron chi connectivity index (χ0n) is 10.8. The average Bonchev–Trinajstić information content (AvgIpc) is 2.27. The summed E-state index contributed by atoms with van der Waals surface area (Å²) in [4.78, 5) is 22.3. The summed E-state index contributed by atoms with van der Waals surface area (Å²) < 4.78 is 0. The van der Waals surface area contributed by atoms with Crippen LogP contribution in [0.25, 0.3) is 0 Å². The molecule has 1 unspecified atom stereocenters. The molecular formula is C12H15ClN2O4. The number of amides is 1. The van der Waals surface area contributed by atoms with Crippen LogP contribution in [0.2, 0.25) is 5.02 Å². The van der Waals surface area contributed by atoms with Gasteiger partial charge in [0.25, 0.3) is 11.6 Å². The Hall–Kier alpha value is -1.66. The number of hydrogen-bond acceptors (Lipinski definition) is 4. The van der Waals surface area contributed by atoms with Gasteiger partial charge in [-0.25, -0.2) is 0 Å². The van der Waals surface area contributed by atoms with Gasteiger partial charge in [-0.2, -0.15) is 0 Å². The highest BCUT2D eigenvalue weighted by atomic mass is 35.5.